The second kappa shape index (κ2) is 10.9. The van der Waals surface area contributed by atoms with Crippen molar-refractivity contribution in [2.75, 3.05) is 18.5 Å². The molecule has 1 saturated heterocycles. The van der Waals surface area contributed by atoms with Gasteiger partial charge in [0.25, 0.3) is 0 Å². The van der Waals surface area contributed by atoms with Crippen molar-refractivity contribution >= 4 is 49.9 Å². The van der Waals surface area contributed by atoms with Crippen molar-refractivity contribution in [2.45, 2.75) is 56.2 Å². The summed E-state index contributed by atoms with van der Waals surface area (Å²) in [6, 6.07) is 4.09. The van der Waals surface area contributed by atoms with E-state index in [1.807, 2.05) is 25.3 Å². The van der Waals surface area contributed by atoms with Crippen molar-refractivity contribution in [3.63, 3.8) is 0 Å². The predicted molar refractivity (Wildman–Crippen MR) is 136 cm³/mol. The van der Waals surface area contributed by atoms with E-state index in [1.54, 1.807) is 12.3 Å². The number of dihydropyridines is 1. The molecular formula is C23H29N5O5S2. The van der Waals surface area contributed by atoms with Gasteiger partial charge in [0.05, 0.1) is 22.4 Å². The number of nitrogens with two attached hydrogens (primary N) is 1. The average molecular weight is 520 g/mol. The topological polar surface area (TPSA) is 145 Å². The molecule has 0 bridgehead atoms. The molecular weight excluding hydrogens is 490 g/mol. The number of hydrogen-bond acceptors (Lipinski definition) is 9. The van der Waals surface area contributed by atoms with Gasteiger partial charge >= 0.3 is 0 Å². The predicted octanol–water partition coefficient (Wildman–Crippen LogP) is 2.84. The van der Waals surface area contributed by atoms with Gasteiger partial charge in [-0.1, -0.05) is 6.08 Å². The maximum Gasteiger partial charge on any atom is 0.245 e. The zero-order chi connectivity index (χ0) is 25.0. The van der Waals surface area contributed by atoms with Crippen molar-refractivity contribution in [1.82, 2.24) is 10.3 Å². The Morgan fingerprint density at radius 1 is 1.29 bits per heavy atom. The minimum atomic E-state index is -3.87. The number of ether oxygens (including phenoxy) is 2. The fourth-order valence-corrected chi connectivity index (χ4v) is 5.00. The van der Waals surface area contributed by atoms with Gasteiger partial charge in [0.2, 0.25) is 15.9 Å². The Morgan fingerprint density at radius 2 is 2.06 bits per heavy atom. The van der Waals surface area contributed by atoms with Crippen molar-refractivity contribution < 1.29 is 22.7 Å². The van der Waals surface area contributed by atoms with E-state index in [2.05, 4.69) is 20.6 Å². The molecule has 1 fully saturated rings. The van der Waals surface area contributed by atoms with Gasteiger partial charge in [-0.3, -0.25) is 9.79 Å². The third-order valence-electron chi connectivity index (χ3n) is 5.51. The minimum Gasteiger partial charge on any atom is -0.489 e. The molecule has 1 atom stereocenters. The van der Waals surface area contributed by atoms with E-state index in [-0.39, 0.29) is 22.9 Å². The molecule has 1 unspecified atom stereocenters. The zero-order valence-electron chi connectivity index (χ0n) is 19.6. The highest BCUT2D eigenvalue weighted by Crippen LogP contribution is 2.33. The van der Waals surface area contributed by atoms with Crippen LogP contribution in [-0.2, 0) is 19.6 Å². The largest absolute Gasteiger partial charge is 0.489 e. The highest BCUT2D eigenvalue weighted by atomic mass is 32.2. The molecule has 4 rings (SSSR count). The number of nitrogens with zero attached hydrogens (tertiary/aromatic N) is 2. The van der Waals surface area contributed by atoms with Crippen LogP contribution < -0.4 is 20.5 Å². The molecule has 2 aromatic rings. The number of primary sulfonamides is 1. The summed E-state index contributed by atoms with van der Waals surface area (Å²) in [7, 11) is -3.87. The zero-order valence-corrected chi connectivity index (χ0v) is 21.2. The number of rotatable bonds is 8. The summed E-state index contributed by atoms with van der Waals surface area (Å²) in [6.07, 6.45) is 5.65. The van der Waals surface area contributed by atoms with Gasteiger partial charge in [-0.2, -0.15) is 0 Å². The van der Waals surface area contributed by atoms with Crippen LogP contribution in [0.25, 0.3) is 5.57 Å². The summed E-state index contributed by atoms with van der Waals surface area (Å²) in [5.74, 6) is 0.414. The maximum atomic E-state index is 12.5. The van der Waals surface area contributed by atoms with E-state index in [9.17, 15) is 13.2 Å². The Bertz CT molecular complexity index is 1230. The SMILES string of the molecule is CC(C)Oc1ccc(S(N)(=O)=O)cc1Nc1nc(C2=CCC(C(=O)NC3CCOCC3)N=C2)cs1. The molecule has 4 N–H and O–H groups in total. The van der Waals surface area contributed by atoms with Crippen LogP contribution in [0, 0.1) is 0 Å². The molecule has 2 aliphatic heterocycles. The molecule has 2 aliphatic rings. The molecule has 1 aromatic carbocycles. The van der Waals surface area contributed by atoms with Crippen molar-refractivity contribution in [2.24, 2.45) is 10.1 Å². The van der Waals surface area contributed by atoms with Crippen LogP contribution in [0.5, 0.6) is 5.75 Å². The fraction of sp³-hybridized carbons (Fsp3) is 0.435. The first-order valence-corrected chi connectivity index (χ1v) is 13.8. The number of carbonyl (C=O) groups is 1. The van der Waals surface area contributed by atoms with Crippen LogP contribution >= 0.6 is 11.3 Å². The van der Waals surface area contributed by atoms with Gasteiger partial charge in [-0.15, -0.1) is 11.3 Å². The Balaban J connectivity index is 1.43. The highest BCUT2D eigenvalue weighted by molar-refractivity contribution is 7.89. The van der Waals surface area contributed by atoms with Crippen LogP contribution in [0.3, 0.4) is 0 Å². The van der Waals surface area contributed by atoms with E-state index in [0.29, 0.717) is 41.9 Å². The summed E-state index contributed by atoms with van der Waals surface area (Å²) < 4.78 is 34.7. The van der Waals surface area contributed by atoms with Crippen LogP contribution in [0.4, 0.5) is 10.8 Å². The van der Waals surface area contributed by atoms with Gasteiger partial charge in [-0.05, 0) is 51.3 Å². The third-order valence-corrected chi connectivity index (χ3v) is 7.18. The third kappa shape index (κ3) is 6.66. The monoisotopic (exact) mass is 519 g/mol. The molecule has 3 heterocycles. The number of amides is 1. The van der Waals surface area contributed by atoms with Crippen LogP contribution in [0.15, 0.2) is 39.5 Å². The smallest absolute Gasteiger partial charge is 0.245 e. The molecule has 0 radical (unpaired) electrons. The Morgan fingerprint density at radius 3 is 2.71 bits per heavy atom. The summed E-state index contributed by atoms with van der Waals surface area (Å²) in [5, 5.41) is 13.9. The Kier molecular flexibility index (Phi) is 7.85. The maximum absolute atomic E-state index is 12.5. The lowest BCUT2D eigenvalue weighted by Crippen LogP contribution is -2.43. The molecule has 1 aromatic heterocycles. The lowest BCUT2D eigenvalue weighted by Gasteiger charge is -2.25. The molecule has 0 aliphatic carbocycles. The molecule has 0 saturated carbocycles. The van der Waals surface area contributed by atoms with E-state index in [1.165, 1.54) is 23.5 Å². The lowest BCUT2D eigenvalue weighted by atomic mass is 10.0. The first-order chi connectivity index (χ1) is 16.7. The lowest BCUT2D eigenvalue weighted by molar-refractivity contribution is -0.123. The van der Waals surface area contributed by atoms with E-state index in [0.717, 1.165) is 18.4 Å². The molecule has 12 heteroatoms. The summed E-state index contributed by atoms with van der Waals surface area (Å²) in [5.41, 5.74) is 1.97. The van der Waals surface area contributed by atoms with E-state index >= 15 is 0 Å². The molecule has 10 nitrogen and oxygen atoms in total. The number of aromatic nitrogens is 1. The Hall–Kier alpha value is -2.80. The number of hydrogen-bond donors (Lipinski definition) is 3. The first kappa shape index (κ1) is 25.3. The number of sulfonamides is 1. The number of benzene rings is 1. The summed E-state index contributed by atoms with van der Waals surface area (Å²) >= 11 is 1.36. The summed E-state index contributed by atoms with van der Waals surface area (Å²) in [6.45, 7) is 5.09. The molecule has 35 heavy (non-hydrogen) atoms. The van der Waals surface area contributed by atoms with Crippen molar-refractivity contribution in [3.8, 4) is 5.75 Å². The first-order valence-electron chi connectivity index (χ1n) is 11.4. The number of thiazole rings is 1. The molecule has 188 valence electrons. The second-order valence-electron chi connectivity index (χ2n) is 8.62. The minimum absolute atomic E-state index is 0.0277. The molecule has 0 spiro atoms. The van der Waals surface area contributed by atoms with Gasteiger partial charge in [-0.25, -0.2) is 18.5 Å². The summed E-state index contributed by atoms with van der Waals surface area (Å²) in [4.78, 5) is 21.6. The van der Waals surface area contributed by atoms with E-state index < -0.39 is 16.1 Å². The number of aliphatic imine (C=N–C) groups is 1. The van der Waals surface area contributed by atoms with Gasteiger partial charge in [0, 0.05) is 36.4 Å². The van der Waals surface area contributed by atoms with Crippen molar-refractivity contribution in [1.29, 1.82) is 0 Å². The van der Waals surface area contributed by atoms with Crippen LogP contribution in [0.2, 0.25) is 0 Å². The highest BCUT2D eigenvalue weighted by Gasteiger charge is 2.24. The number of anilines is 2. The van der Waals surface area contributed by atoms with Crippen LogP contribution in [-0.4, -0.2) is 56.9 Å². The van der Waals surface area contributed by atoms with Gasteiger partial charge in [0.15, 0.2) is 5.13 Å². The van der Waals surface area contributed by atoms with E-state index in [4.69, 9.17) is 14.6 Å². The number of carbonyl (C=O) groups excluding carboxylic acids is 1. The van der Waals surface area contributed by atoms with Gasteiger partial charge in [0.1, 0.15) is 11.8 Å². The second-order valence-corrected chi connectivity index (χ2v) is 11.0. The van der Waals surface area contributed by atoms with Crippen LogP contribution in [0.1, 0.15) is 38.8 Å². The quantitative estimate of drug-likeness (QED) is 0.486. The van der Waals surface area contributed by atoms with Gasteiger partial charge < -0.3 is 20.1 Å². The molecule has 1 amide bonds. The normalized spacial score (nSPS) is 18.9. The Labute approximate surface area is 208 Å². The number of allylic oxidation sites excluding steroid dienone is 1. The average Bonchev–Trinajstić information content (AvgIpc) is 3.28. The number of nitrogens with one attached hydrogen (secondary N) is 2. The van der Waals surface area contributed by atoms with Crippen molar-refractivity contribution in [3.05, 3.63) is 35.3 Å². The standard InChI is InChI=1S/C23H29N5O5S2/c1-14(2)33-21-6-4-17(35(24,30)31)11-19(21)27-23-28-20(13-34-23)15-3-5-18(25-12-15)22(29)26-16-7-9-32-10-8-16/h3-4,6,11-14,16,18H,5,7-10H2,1-2H3,(H,26,29)(H,27,28)(H2,24,30,31). The fourth-order valence-electron chi connectivity index (χ4n) is 3.73.